The average molecular weight is 295 g/mol. The first kappa shape index (κ1) is 15.0. The highest BCUT2D eigenvalue weighted by Gasteiger charge is 2.31. The van der Waals surface area contributed by atoms with Gasteiger partial charge in [0.15, 0.2) is 5.78 Å². The number of carbonyl (C=O) groups is 1. The molecule has 0 aliphatic carbocycles. The monoisotopic (exact) mass is 295 g/mol. The van der Waals surface area contributed by atoms with E-state index in [2.05, 4.69) is 0 Å². The molecule has 1 aromatic heterocycles. The maximum absolute atomic E-state index is 12.6. The molecule has 0 spiro atoms. The van der Waals surface area contributed by atoms with Crippen molar-refractivity contribution in [2.75, 3.05) is 0 Å². The number of nitrogens with zero attached hydrogens (tertiary/aromatic N) is 1. The van der Waals surface area contributed by atoms with Gasteiger partial charge in [0.2, 0.25) is 0 Å². The Morgan fingerprint density at radius 3 is 2.33 bits per heavy atom. The fourth-order valence-corrected chi connectivity index (χ4v) is 1.86. The molecule has 0 unspecified atom stereocenters. The van der Waals surface area contributed by atoms with Gasteiger partial charge >= 0.3 is 6.18 Å². The summed E-state index contributed by atoms with van der Waals surface area (Å²) in [6.45, 7) is -0.0868. The van der Waals surface area contributed by atoms with Crippen molar-refractivity contribution in [1.82, 2.24) is 4.57 Å². The second-order valence-electron chi connectivity index (χ2n) is 4.49. The van der Waals surface area contributed by atoms with E-state index in [-0.39, 0.29) is 18.7 Å². The zero-order valence-corrected chi connectivity index (χ0v) is 10.9. The Morgan fingerprint density at radius 2 is 1.71 bits per heavy atom. The van der Waals surface area contributed by atoms with Crippen LogP contribution < -0.4 is 5.56 Å². The number of rotatable bonds is 4. The van der Waals surface area contributed by atoms with Crippen LogP contribution in [0.4, 0.5) is 13.2 Å². The zero-order valence-electron chi connectivity index (χ0n) is 10.9. The molecule has 0 fully saturated rings. The lowest BCUT2D eigenvalue weighted by molar-refractivity contribution is -0.138. The van der Waals surface area contributed by atoms with Crippen LogP contribution in [0, 0.1) is 0 Å². The highest BCUT2D eigenvalue weighted by atomic mass is 19.4. The molecule has 0 aliphatic rings. The highest BCUT2D eigenvalue weighted by molar-refractivity contribution is 5.95. The summed E-state index contributed by atoms with van der Waals surface area (Å²) in [5.41, 5.74) is -1.00. The van der Waals surface area contributed by atoms with Crippen LogP contribution in [0.25, 0.3) is 0 Å². The fraction of sp³-hybridized carbons (Fsp3) is 0.200. The summed E-state index contributed by atoms with van der Waals surface area (Å²) in [5, 5.41) is 0. The smallest absolute Gasteiger partial charge is 0.314 e. The predicted molar refractivity (Wildman–Crippen MR) is 71.1 cm³/mol. The summed E-state index contributed by atoms with van der Waals surface area (Å²) in [6.07, 6.45) is -3.81. The molecule has 0 saturated heterocycles. The summed E-state index contributed by atoms with van der Waals surface area (Å²) in [4.78, 5) is 23.4. The third-order valence-corrected chi connectivity index (χ3v) is 2.99. The van der Waals surface area contributed by atoms with Gasteiger partial charge in [-0.3, -0.25) is 9.59 Å². The zero-order chi connectivity index (χ0) is 15.5. The van der Waals surface area contributed by atoms with E-state index in [0.29, 0.717) is 5.56 Å². The normalized spacial score (nSPS) is 11.4. The van der Waals surface area contributed by atoms with Crippen LogP contribution in [-0.2, 0) is 12.7 Å². The lowest BCUT2D eigenvalue weighted by atomic mass is 10.1. The van der Waals surface area contributed by atoms with Gasteiger partial charge in [-0.05, 0) is 6.07 Å². The first-order valence-corrected chi connectivity index (χ1v) is 6.24. The van der Waals surface area contributed by atoms with Crippen LogP contribution >= 0.6 is 0 Å². The first-order chi connectivity index (χ1) is 9.88. The van der Waals surface area contributed by atoms with Crippen molar-refractivity contribution in [1.29, 1.82) is 0 Å². The summed E-state index contributed by atoms with van der Waals surface area (Å²) in [6, 6.07) is 9.99. The van der Waals surface area contributed by atoms with E-state index in [4.69, 9.17) is 0 Å². The molecule has 2 rings (SSSR count). The van der Waals surface area contributed by atoms with E-state index in [9.17, 15) is 22.8 Å². The topological polar surface area (TPSA) is 39.1 Å². The molecule has 0 aliphatic heterocycles. The summed E-state index contributed by atoms with van der Waals surface area (Å²) < 4.78 is 38.6. The van der Waals surface area contributed by atoms with Crippen LogP contribution in [0.15, 0.2) is 53.5 Å². The number of halogens is 3. The van der Waals surface area contributed by atoms with Crippen LogP contribution in [0.2, 0.25) is 0 Å². The molecule has 0 atom stereocenters. The van der Waals surface area contributed by atoms with Crippen molar-refractivity contribution >= 4 is 5.78 Å². The second-order valence-corrected chi connectivity index (χ2v) is 4.49. The van der Waals surface area contributed by atoms with Crippen LogP contribution in [-0.4, -0.2) is 10.4 Å². The van der Waals surface area contributed by atoms with Crippen molar-refractivity contribution in [3.63, 3.8) is 0 Å². The van der Waals surface area contributed by atoms with Crippen molar-refractivity contribution in [3.8, 4) is 0 Å². The number of ketones is 1. The van der Waals surface area contributed by atoms with E-state index >= 15 is 0 Å². The standard InChI is InChI=1S/C15H12F3NO2/c16-15(17,18)12-6-7-14(21)19(10-12)9-8-13(20)11-4-2-1-3-5-11/h1-7,10H,8-9H2. The van der Waals surface area contributed by atoms with Gasteiger partial charge < -0.3 is 4.57 Å². The van der Waals surface area contributed by atoms with Crippen molar-refractivity contribution in [3.05, 3.63) is 70.1 Å². The number of alkyl halides is 3. The molecular formula is C15H12F3NO2. The van der Waals surface area contributed by atoms with E-state index in [1.54, 1.807) is 30.3 Å². The Morgan fingerprint density at radius 1 is 1.05 bits per heavy atom. The molecule has 0 saturated carbocycles. The predicted octanol–water partition coefficient (Wildman–Crippen LogP) is 3.14. The number of hydrogen-bond acceptors (Lipinski definition) is 2. The van der Waals surface area contributed by atoms with Gasteiger partial charge in [-0.15, -0.1) is 0 Å². The molecule has 0 radical (unpaired) electrons. The molecule has 1 aromatic carbocycles. The van der Waals surface area contributed by atoms with Gasteiger partial charge in [-0.25, -0.2) is 0 Å². The maximum atomic E-state index is 12.6. The van der Waals surface area contributed by atoms with E-state index < -0.39 is 17.3 Å². The third-order valence-electron chi connectivity index (χ3n) is 2.99. The molecule has 3 nitrogen and oxygen atoms in total. The number of aromatic nitrogens is 1. The SMILES string of the molecule is O=C(CCn1cc(C(F)(F)F)ccc1=O)c1ccccc1. The highest BCUT2D eigenvalue weighted by Crippen LogP contribution is 2.28. The average Bonchev–Trinajstić information content (AvgIpc) is 2.45. The largest absolute Gasteiger partial charge is 0.417 e. The Labute approximate surface area is 118 Å². The second kappa shape index (κ2) is 5.95. The number of aryl methyl sites for hydroxylation is 1. The van der Waals surface area contributed by atoms with Crippen molar-refractivity contribution < 1.29 is 18.0 Å². The lowest BCUT2D eigenvalue weighted by Gasteiger charge is -2.10. The summed E-state index contributed by atoms with van der Waals surface area (Å²) in [5.74, 6) is -0.222. The molecule has 0 N–H and O–H groups in total. The number of pyridine rings is 1. The van der Waals surface area contributed by atoms with Crippen LogP contribution in [0.1, 0.15) is 22.3 Å². The Hall–Kier alpha value is -2.37. The minimum absolute atomic E-state index is 0.0365. The van der Waals surface area contributed by atoms with Gasteiger partial charge in [0, 0.05) is 30.8 Å². The van der Waals surface area contributed by atoms with Gasteiger partial charge in [0.05, 0.1) is 5.56 Å². The molecule has 0 amide bonds. The molecule has 2 aromatic rings. The van der Waals surface area contributed by atoms with Crippen LogP contribution in [0.3, 0.4) is 0 Å². The third kappa shape index (κ3) is 3.81. The molecule has 6 heteroatoms. The Kier molecular flexibility index (Phi) is 4.26. The fourth-order valence-electron chi connectivity index (χ4n) is 1.86. The van der Waals surface area contributed by atoms with Gasteiger partial charge in [0.25, 0.3) is 5.56 Å². The maximum Gasteiger partial charge on any atom is 0.417 e. The molecule has 1 heterocycles. The Bertz CT molecular complexity index is 690. The molecule has 110 valence electrons. The van der Waals surface area contributed by atoms with E-state index in [1.807, 2.05) is 0 Å². The van der Waals surface area contributed by atoms with Crippen molar-refractivity contribution in [2.45, 2.75) is 19.1 Å². The lowest BCUT2D eigenvalue weighted by Crippen LogP contribution is -2.22. The molecular weight excluding hydrogens is 283 g/mol. The quantitative estimate of drug-likeness (QED) is 0.813. The first-order valence-electron chi connectivity index (χ1n) is 6.24. The van der Waals surface area contributed by atoms with Gasteiger partial charge in [-0.2, -0.15) is 13.2 Å². The number of Topliss-reactive ketones (excluding diaryl/α,β-unsaturated/α-hetero) is 1. The van der Waals surface area contributed by atoms with Gasteiger partial charge in [-0.1, -0.05) is 30.3 Å². The summed E-state index contributed by atoms with van der Waals surface area (Å²) >= 11 is 0. The van der Waals surface area contributed by atoms with Crippen LogP contribution in [0.5, 0.6) is 0 Å². The minimum Gasteiger partial charge on any atom is -0.314 e. The molecule has 0 bridgehead atoms. The number of carbonyl (C=O) groups excluding carboxylic acids is 1. The van der Waals surface area contributed by atoms with E-state index in [1.165, 1.54) is 0 Å². The molecule has 21 heavy (non-hydrogen) atoms. The number of hydrogen-bond donors (Lipinski definition) is 0. The Balaban J connectivity index is 2.13. The van der Waals surface area contributed by atoms with Gasteiger partial charge in [0.1, 0.15) is 0 Å². The number of benzene rings is 1. The minimum atomic E-state index is -4.51. The van der Waals surface area contributed by atoms with Crippen molar-refractivity contribution in [2.24, 2.45) is 0 Å². The summed E-state index contributed by atoms with van der Waals surface area (Å²) in [7, 11) is 0. The van der Waals surface area contributed by atoms with E-state index in [0.717, 1.165) is 22.9 Å².